The second kappa shape index (κ2) is 9.80. The maximum absolute atomic E-state index is 12.9. The maximum Gasteiger partial charge on any atom is 0.253 e. The Hall–Kier alpha value is -2.11. The lowest BCUT2D eigenvalue weighted by Crippen LogP contribution is -2.38. The van der Waals surface area contributed by atoms with Gasteiger partial charge in [0.1, 0.15) is 5.75 Å². The van der Waals surface area contributed by atoms with E-state index >= 15 is 0 Å². The van der Waals surface area contributed by atoms with Crippen molar-refractivity contribution in [2.45, 2.75) is 38.1 Å². The number of carbonyl (C=O) groups is 1. The summed E-state index contributed by atoms with van der Waals surface area (Å²) in [6, 6.07) is 12.5. The van der Waals surface area contributed by atoms with Gasteiger partial charge in [-0.3, -0.25) is 4.79 Å². The molecule has 1 unspecified atom stereocenters. The fourth-order valence-electron chi connectivity index (χ4n) is 4.71. The van der Waals surface area contributed by atoms with Crippen LogP contribution >= 0.6 is 0 Å². The number of amides is 1. The van der Waals surface area contributed by atoms with Crippen LogP contribution in [0.3, 0.4) is 0 Å². The van der Waals surface area contributed by atoms with Crippen LogP contribution in [0.25, 0.3) is 10.8 Å². The van der Waals surface area contributed by atoms with Crippen LogP contribution in [0.5, 0.6) is 5.75 Å². The molecule has 1 atom stereocenters. The summed E-state index contributed by atoms with van der Waals surface area (Å²) in [6.07, 6.45) is 6.16. The molecule has 5 nitrogen and oxygen atoms in total. The van der Waals surface area contributed by atoms with Gasteiger partial charge in [-0.15, -0.1) is 0 Å². The highest BCUT2D eigenvalue weighted by atomic mass is 16.5. The van der Waals surface area contributed by atoms with E-state index in [2.05, 4.69) is 29.0 Å². The van der Waals surface area contributed by atoms with Crippen molar-refractivity contribution in [1.82, 2.24) is 14.7 Å². The molecule has 0 bridgehead atoms. The zero-order valence-electron chi connectivity index (χ0n) is 18.5. The number of likely N-dealkylation sites (tertiary alicyclic amines) is 2. The lowest BCUT2D eigenvalue weighted by molar-refractivity contribution is 0.0738. The maximum atomic E-state index is 12.9. The van der Waals surface area contributed by atoms with Crippen LogP contribution in [0.2, 0.25) is 0 Å². The largest absolute Gasteiger partial charge is 0.494 e. The molecule has 2 fully saturated rings. The first-order chi connectivity index (χ1) is 14.6. The van der Waals surface area contributed by atoms with Crippen molar-refractivity contribution in [3.05, 3.63) is 42.0 Å². The minimum atomic E-state index is 0.107. The van der Waals surface area contributed by atoms with Gasteiger partial charge in [0, 0.05) is 31.7 Å². The number of carbonyl (C=O) groups excluding carboxylic acids is 1. The third kappa shape index (κ3) is 5.13. The third-order valence-corrected chi connectivity index (χ3v) is 6.63. The molecule has 4 rings (SSSR count). The lowest BCUT2D eigenvalue weighted by Gasteiger charge is -2.26. The lowest BCUT2D eigenvalue weighted by atomic mass is 10.1. The molecule has 0 aliphatic carbocycles. The topological polar surface area (TPSA) is 36.0 Å². The van der Waals surface area contributed by atoms with E-state index < -0.39 is 0 Å². The highest BCUT2D eigenvalue weighted by Crippen LogP contribution is 2.24. The van der Waals surface area contributed by atoms with Crippen LogP contribution in [0.15, 0.2) is 36.4 Å². The molecule has 2 saturated heterocycles. The number of ether oxygens (including phenoxy) is 1. The van der Waals surface area contributed by atoms with Gasteiger partial charge in [-0.1, -0.05) is 18.6 Å². The first kappa shape index (κ1) is 21.1. The Balaban J connectivity index is 1.33. The molecule has 2 aliphatic heterocycles. The molecule has 5 heteroatoms. The van der Waals surface area contributed by atoms with Crippen molar-refractivity contribution in [2.24, 2.45) is 0 Å². The van der Waals surface area contributed by atoms with Gasteiger partial charge >= 0.3 is 0 Å². The summed E-state index contributed by atoms with van der Waals surface area (Å²) in [5.41, 5.74) is 0.759. The van der Waals surface area contributed by atoms with Crippen LogP contribution in [0.4, 0.5) is 0 Å². The van der Waals surface area contributed by atoms with Crippen LogP contribution < -0.4 is 4.74 Å². The molecule has 0 radical (unpaired) electrons. The number of rotatable bonds is 7. The van der Waals surface area contributed by atoms with E-state index in [1.54, 1.807) is 0 Å². The summed E-state index contributed by atoms with van der Waals surface area (Å²) < 4.78 is 5.99. The summed E-state index contributed by atoms with van der Waals surface area (Å²) in [5, 5.41) is 2.20. The fraction of sp³-hybridized carbons (Fsp3) is 0.560. The van der Waals surface area contributed by atoms with Crippen LogP contribution in [-0.2, 0) is 0 Å². The van der Waals surface area contributed by atoms with Crippen LogP contribution in [-0.4, -0.2) is 80.1 Å². The Morgan fingerprint density at radius 2 is 1.83 bits per heavy atom. The van der Waals surface area contributed by atoms with Gasteiger partial charge < -0.3 is 19.4 Å². The van der Waals surface area contributed by atoms with Gasteiger partial charge in [0.15, 0.2) is 0 Å². The van der Waals surface area contributed by atoms with E-state index in [-0.39, 0.29) is 5.91 Å². The molecule has 162 valence electrons. The summed E-state index contributed by atoms with van der Waals surface area (Å²) in [7, 11) is 4.04. The number of hydrogen-bond acceptors (Lipinski definition) is 4. The molecule has 0 aromatic heterocycles. The van der Waals surface area contributed by atoms with Crippen molar-refractivity contribution in [1.29, 1.82) is 0 Å². The number of nitrogens with zero attached hydrogens (tertiary/aromatic N) is 3. The molecule has 2 heterocycles. The Morgan fingerprint density at radius 1 is 1.07 bits per heavy atom. The molecule has 1 amide bonds. The predicted octanol–water partition coefficient (Wildman–Crippen LogP) is 3.87. The van der Waals surface area contributed by atoms with E-state index in [9.17, 15) is 4.79 Å². The van der Waals surface area contributed by atoms with Crippen molar-refractivity contribution in [3.63, 3.8) is 0 Å². The molecule has 2 aliphatic rings. The first-order valence-corrected chi connectivity index (χ1v) is 11.4. The molecule has 0 saturated carbocycles. The highest BCUT2D eigenvalue weighted by molar-refractivity contribution is 5.98. The average Bonchev–Trinajstić information content (AvgIpc) is 3.22. The Bertz CT molecular complexity index is 863. The van der Waals surface area contributed by atoms with Crippen molar-refractivity contribution in [3.8, 4) is 5.75 Å². The zero-order chi connectivity index (χ0) is 20.9. The van der Waals surface area contributed by atoms with Crippen LogP contribution in [0.1, 0.15) is 42.5 Å². The highest BCUT2D eigenvalue weighted by Gasteiger charge is 2.27. The van der Waals surface area contributed by atoms with Gasteiger partial charge in [-0.05, 0) is 87.4 Å². The standard InChI is InChI=1S/C25H35N3O2/c1-26-15-11-23(19-26)27(2)25(29)22-8-7-21-18-24(10-9-20(21)17-22)30-16-6-14-28-12-4-3-5-13-28/h7-10,17-18,23H,3-6,11-16,19H2,1-2H3. The van der Waals surface area contributed by atoms with E-state index in [1.165, 1.54) is 32.4 Å². The van der Waals surface area contributed by atoms with E-state index in [0.29, 0.717) is 6.04 Å². The zero-order valence-corrected chi connectivity index (χ0v) is 18.5. The molecular formula is C25H35N3O2. The molecule has 0 N–H and O–H groups in total. The molecule has 30 heavy (non-hydrogen) atoms. The Labute approximate surface area is 180 Å². The number of piperidine rings is 1. The quantitative estimate of drug-likeness (QED) is 0.651. The summed E-state index contributed by atoms with van der Waals surface area (Å²) in [5.74, 6) is 1.02. The van der Waals surface area contributed by atoms with E-state index in [1.807, 2.05) is 36.2 Å². The smallest absolute Gasteiger partial charge is 0.253 e. The SMILES string of the molecule is CN1CCC(N(C)C(=O)c2ccc3cc(OCCCN4CCCCC4)ccc3c2)C1. The van der Waals surface area contributed by atoms with Crippen LogP contribution in [0, 0.1) is 0 Å². The van der Waals surface area contributed by atoms with E-state index in [4.69, 9.17) is 4.74 Å². The molecule has 2 aromatic rings. The third-order valence-electron chi connectivity index (χ3n) is 6.63. The molecule has 0 spiro atoms. The normalized spacial score (nSPS) is 20.5. The van der Waals surface area contributed by atoms with Crippen molar-refractivity contribution < 1.29 is 9.53 Å². The fourth-order valence-corrected chi connectivity index (χ4v) is 4.71. The van der Waals surface area contributed by atoms with Gasteiger partial charge in [0.05, 0.1) is 6.61 Å². The first-order valence-electron chi connectivity index (χ1n) is 11.4. The van der Waals surface area contributed by atoms with Crippen molar-refractivity contribution >= 4 is 16.7 Å². The van der Waals surface area contributed by atoms with Gasteiger partial charge in [0.25, 0.3) is 5.91 Å². The summed E-state index contributed by atoms with van der Waals surface area (Å²) in [6.45, 7) is 6.37. The minimum Gasteiger partial charge on any atom is -0.494 e. The second-order valence-corrected chi connectivity index (χ2v) is 8.95. The predicted molar refractivity (Wildman–Crippen MR) is 122 cm³/mol. The van der Waals surface area contributed by atoms with Gasteiger partial charge in [-0.2, -0.15) is 0 Å². The van der Waals surface area contributed by atoms with Crippen molar-refractivity contribution in [2.75, 3.05) is 53.4 Å². The number of fused-ring (bicyclic) bond motifs is 1. The Kier molecular flexibility index (Phi) is 6.90. The Morgan fingerprint density at radius 3 is 2.60 bits per heavy atom. The average molecular weight is 410 g/mol. The number of benzene rings is 2. The second-order valence-electron chi connectivity index (χ2n) is 8.95. The number of likely N-dealkylation sites (N-methyl/N-ethyl adjacent to an activating group) is 2. The van der Waals surface area contributed by atoms with Gasteiger partial charge in [-0.25, -0.2) is 0 Å². The monoisotopic (exact) mass is 409 g/mol. The van der Waals surface area contributed by atoms with Gasteiger partial charge in [0.2, 0.25) is 0 Å². The minimum absolute atomic E-state index is 0.107. The molecular weight excluding hydrogens is 374 g/mol. The van der Waals surface area contributed by atoms with E-state index in [0.717, 1.165) is 61.2 Å². The summed E-state index contributed by atoms with van der Waals surface area (Å²) >= 11 is 0. The summed E-state index contributed by atoms with van der Waals surface area (Å²) in [4.78, 5) is 19.7. The number of hydrogen-bond donors (Lipinski definition) is 0. The molecule has 2 aromatic carbocycles.